The van der Waals surface area contributed by atoms with Gasteiger partial charge in [0, 0.05) is 10.0 Å². The first kappa shape index (κ1) is 30.4. The summed E-state index contributed by atoms with van der Waals surface area (Å²) >= 11 is 15.4. The molecular formula is C29H24BrCl2N3O5S. The second-order valence-electron chi connectivity index (χ2n) is 8.54. The van der Waals surface area contributed by atoms with Crippen molar-refractivity contribution in [1.29, 1.82) is 0 Å². The third-order valence-electron chi connectivity index (χ3n) is 5.68. The van der Waals surface area contributed by atoms with Crippen molar-refractivity contribution in [2.45, 2.75) is 11.5 Å². The summed E-state index contributed by atoms with van der Waals surface area (Å²) in [5.41, 5.74) is 4.19. The Balaban J connectivity index is 1.47. The van der Waals surface area contributed by atoms with Gasteiger partial charge in [0.2, 0.25) is 0 Å². The molecule has 0 atom stereocenters. The second-order valence-corrected chi connectivity index (χ2v) is 12.1. The molecule has 0 bridgehead atoms. The molecule has 4 rings (SSSR count). The Morgan fingerprint density at radius 3 is 2.24 bits per heavy atom. The van der Waals surface area contributed by atoms with E-state index in [1.807, 2.05) is 12.1 Å². The third kappa shape index (κ3) is 8.01. The third-order valence-corrected chi connectivity index (χ3v) is 8.57. The van der Waals surface area contributed by atoms with Crippen molar-refractivity contribution < 1.29 is 22.7 Å². The monoisotopic (exact) mass is 675 g/mol. The van der Waals surface area contributed by atoms with Crippen LogP contribution < -0.4 is 19.2 Å². The van der Waals surface area contributed by atoms with E-state index in [4.69, 9.17) is 32.7 Å². The van der Waals surface area contributed by atoms with E-state index in [9.17, 15) is 13.2 Å². The van der Waals surface area contributed by atoms with Crippen molar-refractivity contribution in [2.24, 2.45) is 5.10 Å². The highest BCUT2D eigenvalue weighted by atomic mass is 79.9. The molecule has 41 heavy (non-hydrogen) atoms. The number of hydrogen-bond acceptors (Lipinski definition) is 6. The molecule has 12 heteroatoms. The van der Waals surface area contributed by atoms with Crippen LogP contribution in [0.1, 0.15) is 11.1 Å². The quantitative estimate of drug-likeness (QED) is 0.141. The van der Waals surface area contributed by atoms with E-state index in [0.29, 0.717) is 38.2 Å². The van der Waals surface area contributed by atoms with Crippen LogP contribution >= 0.6 is 39.1 Å². The molecule has 0 aliphatic heterocycles. The number of anilines is 1. The van der Waals surface area contributed by atoms with Crippen molar-refractivity contribution >= 4 is 67.0 Å². The normalized spacial score (nSPS) is 11.3. The number of carbonyl (C=O) groups excluding carboxylic acids is 1. The number of halogens is 3. The van der Waals surface area contributed by atoms with Crippen molar-refractivity contribution in [3.63, 3.8) is 0 Å². The Kier molecular flexibility index (Phi) is 10.3. The van der Waals surface area contributed by atoms with E-state index in [1.54, 1.807) is 54.6 Å². The number of carbonyl (C=O) groups is 1. The van der Waals surface area contributed by atoms with Gasteiger partial charge in [-0.1, -0.05) is 53.5 Å². The van der Waals surface area contributed by atoms with Gasteiger partial charge in [-0.05, 0) is 87.7 Å². The topological polar surface area (TPSA) is 97.3 Å². The first-order valence-corrected chi connectivity index (χ1v) is 15.1. The van der Waals surface area contributed by atoms with Crippen LogP contribution in [-0.4, -0.2) is 34.2 Å². The van der Waals surface area contributed by atoms with Gasteiger partial charge in [0.1, 0.15) is 13.2 Å². The van der Waals surface area contributed by atoms with E-state index in [0.717, 1.165) is 9.87 Å². The van der Waals surface area contributed by atoms with Gasteiger partial charge in [0.05, 0.1) is 28.4 Å². The minimum Gasteiger partial charge on any atom is -0.493 e. The van der Waals surface area contributed by atoms with Gasteiger partial charge in [-0.3, -0.25) is 9.10 Å². The van der Waals surface area contributed by atoms with Gasteiger partial charge in [-0.15, -0.1) is 0 Å². The predicted molar refractivity (Wildman–Crippen MR) is 165 cm³/mol. The van der Waals surface area contributed by atoms with Gasteiger partial charge in [0.25, 0.3) is 15.9 Å². The number of amides is 1. The van der Waals surface area contributed by atoms with Gasteiger partial charge in [-0.2, -0.15) is 5.10 Å². The van der Waals surface area contributed by atoms with Crippen molar-refractivity contribution in [2.75, 3.05) is 18.0 Å². The largest absolute Gasteiger partial charge is 0.493 e. The number of rotatable bonds is 11. The second kappa shape index (κ2) is 13.9. The standard InChI is InChI=1S/C29H24BrCl2N3O5S/c1-39-27-16-21(15-26(30)29(27)40-19-20-7-9-22(31)10-8-20)17-33-34-28(36)18-35(24-13-11-23(32)12-14-24)41(37,38)25-5-3-2-4-6-25/h2-17H,18-19H2,1H3,(H,34,36)/b33-17-. The number of sulfonamides is 1. The Morgan fingerprint density at radius 1 is 0.976 bits per heavy atom. The fraction of sp³-hybridized carbons (Fsp3) is 0.103. The van der Waals surface area contributed by atoms with E-state index >= 15 is 0 Å². The van der Waals surface area contributed by atoms with Crippen LogP contribution in [0.3, 0.4) is 0 Å². The fourth-order valence-corrected chi connectivity index (χ4v) is 5.95. The molecule has 0 fully saturated rings. The molecule has 1 amide bonds. The SMILES string of the molecule is COc1cc(/C=N\NC(=O)CN(c2ccc(Cl)cc2)S(=O)(=O)c2ccccc2)cc(Br)c1OCc1ccc(Cl)cc1. The number of benzene rings is 4. The zero-order valence-electron chi connectivity index (χ0n) is 21.6. The molecule has 4 aromatic carbocycles. The van der Waals surface area contributed by atoms with Crippen LogP contribution in [0.25, 0.3) is 0 Å². The fourth-order valence-electron chi connectivity index (χ4n) is 3.68. The molecule has 0 aliphatic carbocycles. The Hall–Kier alpha value is -3.57. The maximum absolute atomic E-state index is 13.4. The van der Waals surface area contributed by atoms with Crippen LogP contribution in [0.4, 0.5) is 5.69 Å². The summed E-state index contributed by atoms with van der Waals surface area (Å²) in [6.07, 6.45) is 1.41. The summed E-state index contributed by atoms with van der Waals surface area (Å²) in [6.45, 7) is -0.216. The highest BCUT2D eigenvalue weighted by Crippen LogP contribution is 2.37. The molecule has 0 radical (unpaired) electrons. The number of nitrogens with one attached hydrogen (secondary N) is 1. The lowest BCUT2D eigenvalue weighted by Gasteiger charge is -2.23. The van der Waals surface area contributed by atoms with Gasteiger partial charge in [-0.25, -0.2) is 13.8 Å². The Morgan fingerprint density at radius 2 is 1.61 bits per heavy atom. The minimum atomic E-state index is -4.05. The summed E-state index contributed by atoms with van der Waals surface area (Å²) in [6, 6.07) is 24.7. The summed E-state index contributed by atoms with van der Waals surface area (Å²) < 4.78 is 39.8. The molecule has 0 saturated heterocycles. The van der Waals surface area contributed by atoms with E-state index in [2.05, 4.69) is 26.5 Å². The number of ether oxygens (including phenoxy) is 2. The zero-order chi connectivity index (χ0) is 29.4. The molecule has 0 spiro atoms. The predicted octanol–water partition coefficient (Wildman–Crippen LogP) is 6.69. The summed E-state index contributed by atoms with van der Waals surface area (Å²) in [7, 11) is -2.54. The van der Waals surface area contributed by atoms with Crippen LogP contribution in [-0.2, 0) is 21.4 Å². The molecule has 4 aromatic rings. The first-order chi connectivity index (χ1) is 19.7. The Labute approximate surface area is 256 Å². The van der Waals surface area contributed by atoms with Crippen molar-refractivity contribution in [3.8, 4) is 11.5 Å². The lowest BCUT2D eigenvalue weighted by molar-refractivity contribution is -0.119. The number of hydrogen-bond donors (Lipinski definition) is 1. The van der Waals surface area contributed by atoms with Gasteiger partial charge < -0.3 is 9.47 Å². The Bertz CT molecular complexity index is 1640. The number of nitrogens with zero attached hydrogens (tertiary/aromatic N) is 2. The van der Waals surface area contributed by atoms with E-state index in [1.165, 1.54) is 37.6 Å². The molecule has 0 unspecified atom stereocenters. The van der Waals surface area contributed by atoms with Gasteiger partial charge in [0.15, 0.2) is 11.5 Å². The highest BCUT2D eigenvalue weighted by Gasteiger charge is 2.27. The van der Waals surface area contributed by atoms with Crippen molar-refractivity contribution in [1.82, 2.24) is 5.43 Å². The number of methoxy groups -OCH3 is 1. The van der Waals surface area contributed by atoms with Crippen LogP contribution in [0, 0.1) is 0 Å². The molecule has 8 nitrogen and oxygen atoms in total. The van der Waals surface area contributed by atoms with Crippen LogP contribution in [0.5, 0.6) is 11.5 Å². The lowest BCUT2D eigenvalue weighted by Crippen LogP contribution is -2.39. The van der Waals surface area contributed by atoms with E-state index in [-0.39, 0.29) is 10.6 Å². The average Bonchev–Trinajstić information content (AvgIpc) is 2.97. The maximum atomic E-state index is 13.4. The highest BCUT2D eigenvalue weighted by molar-refractivity contribution is 9.10. The summed E-state index contributed by atoms with van der Waals surface area (Å²) in [5, 5.41) is 5.08. The summed E-state index contributed by atoms with van der Waals surface area (Å²) in [5.74, 6) is 0.294. The van der Waals surface area contributed by atoms with E-state index < -0.39 is 22.5 Å². The van der Waals surface area contributed by atoms with Crippen LogP contribution in [0.2, 0.25) is 10.0 Å². The zero-order valence-corrected chi connectivity index (χ0v) is 25.5. The smallest absolute Gasteiger partial charge is 0.264 e. The minimum absolute atomic E-state index is 0.0431. The lowest BCUT2D eigenvalue weighted by atomic mass is 10.2. The first-order valence-electron chi connectivity index (χ1n) is 12.1. The molecule has 0 saturated carbocycles. The molecule has 212 valence electrons. The average molecular weight is 677 g/mol. The van der Waals surface area contributed by atoms with Gasteiger partial charge >= 0.3 is 0 Å². The maximum Gasteiger partial charge on any atom is 0.264 e. The molecule has 0 heterocycles. The molecule has 0 aliphatic rings. The molecule has 1 N–H and O–H groups in total. The summed E-state index contributed by atoms with van der Waals surface area (Å²) in [4.78, 5) is 12.9. The number of hydrazone groups is 1. The van der Waals surface area contributed by atoms with Crippen molar-refractivity contribution in [3.05, 3.63) is 117 Å². The molecule has 0 aromatic heterocycles. The van der Waals surface area contributed by atoms with Crippen LogP contribution in [0.15, 0.2) is 105 Å². The molecular weight excluding hydrogens is 653 g/mol.